The fraction of sp³-hybridized carbons (Fsp3) is 0.429. The number of hydrogen-bond donors (Lipinski definition) is 0. The summed E-state index contributed by atoms with van der Waals surface area (Å²) in [5.74, 6) is 0. The predicted octanol–water partition coefficient (Wildman–Crippen LogP) is 6.55. The van der Waals surface area contributed by atoms with Crippen LogP contribution in [0, 0.1) is 0 Å². The summed E-state index contributed by atoms with van der Waals surface area (Å²) in [6, 6.07) is 21.0. The number of hydrogen-bond acceptors (Lipinski definition) is 2. The second-order valence-corrected chi connectivity index (χ2v) is 11.0. The van der Waals surface area contributed by atoms with Gasteiger partial charge in [0.25, 0.3) is 0 Å². The highest BCUT2D eigenvalue weighted by atomic mass is 28.4. The lowest BCUT2D eigenvalue weighted by Crippen LogP contribution is -2.65. The monoisotopic (exact) mass is 436 g/mol. The molecule has 0 aliphatic carbocycles. The molecule has 0 N–H and O–H groups in total. The largest absolute Gasteiger partial charge is 0.408 e. The molecule has 3 heteroatoms. The minimum absolute atomic E-state index is 0.0419. The van der Waals surface area contributed by atoms with E-state index in [0.29, 0.717) is 0 Å². The van der Waals surface area contributed by atoms with Crippen molar-refractivity contribution in [1.29, 1.82) is 0 Å². The predicted molar refractivity (Wildman–Crippen MR) is 136 cm³/mol. The lowest BCUT2D eigenvalue weighted by molar-refractivity contribution is 0.122. The van der Waals surface area contributed by atoms with E-state index in [1.807, 2.05) is 24.3 Å². The molecule has 2 nitrogen and oxygen atoms in total. The van der Waals surface area contributed by atoms with Crippen molar-refractivity contribution in [3.63, 3.8) is 0 Å². The Morgan fingerprint density at radius 1 is 0.677 bits per heavy atom. The molecule has 0 radical (unpaired) electrons. The zero-order chi connectivity index (χ0) is 22.4. The van der Waals surface area contributed by atoms with Crippen LogP contribution in [0.25, 0.3) is 0 Å². The smallest absolute Gasteiger partial charge is 0.381 e. The summed E-state index contributed by atoms with van der Waals surface area (Å²) in [5, 5.41) is 2.26. The molecule has 0 saturated carbocycles. The van der Waals surface area contributed by atoms with E-state index in [1.165, 1.54) is 25.7 Å². The summed E-state index contributed by atoms with van der Waals surface area (Å²) >= 11 is 0. The van der Waals surface area contributed by atoms with Crippen LogP contribution in [-0.2, 0) is 8.85 Å². The van der Waals surface area contributed by atoms with Crippen LogP contribution in [0.1, 0.15) is 65.2 Å². The van der Waals surface area contributed by atoms with Crippen LogP contribution in [-0.4, -0.2) is 20.8 Å². The van der Waals surface area contributed by atoms with Crippen molar-refractivity contribution in [1.82, 2.24) is 0 Å². The SMILES string of the molecule is C=C[C@H](CCCCC)O[Si](O[C@H](C=C)CCCCC)(c1ccccc1)c1ccccc1. The molecule has 168 valence electrons. The average Bonchev–Trinajstić information content (AvgIpc) is 2.83. The first kappa shape index (κ1) is 25.3. The molecule has 0 aromatic heterocycles. The third kappa shape index (κ3) is 7.60. The third-order valence-electron chi connectivity index (χ3n) is 5.65. The maximum Gasteiger partial charge on any atom is 0.408 e. The van der Waals surface area contributed by atoms with Crippen LogP contribution in [0.5, 0.6) is 0 Å². The van der Waals surface area contributed by atoms with Gasteiger partial charge >= 0.3 is 8.56 Å². The molecule has 0 saturated heterocycles. The Labute approximate surface area is 191 Å². The summed E-state index contributed by atoms with van der Waals surface area (Å²) in [6.45, 7) is 12.6. The van der Waals surface area contributed by atoms with Gasteiger partial charge in [-0.15, -0.1) is 13.2 Å². The highest BCUT2D eigenvalue weighted by Gasteiger charge is 2.45. The zero-order valence-electron chi connectivity index (χ0n) is 19.5. The van der Waals surface area contributed by atoms with E-state index >= 15 is 0 Å². The Hall–Kier alpha value is -1.94. The van der Waals surface area contributed by atoms with E-state index in [4.69, 9.17) is 8.85 Å². The van der Waals surface area contributed by atoms with Crippen molar-refractivity contribution in [2.45, 2.75) is 77.4 Å². The average molecular weight is 437 g/mol. The maximum absolute atomic E-state index is 7.00. The maximum atomic E-state index is 7.00. The van der Waals surface area contributed by atoms with Crippen molar-refractivity contribution in [3.05, 3.63) is 86.0 Å². The van der Waals surface area contributed by atoms with Gasteiger partial charge in [-0.2, -0.15) is 0 Å². The quantitative estimate of drug-likeness (QED) is 0.169. The molecule has 2 aromatic carbocycles. The Kier molecular flexibility index (Phi) is 11.6. The summed E-state index contributed by atoms with van der Waals surface area (Å²) < 4.78 is 14.0. The van der Waals surface area contributed by atoms with Crippen LogP contribution >= 0.6 is 0 Å². The van der Waals surface area contributed by atoms with E-state index in [-0.39, 0.29) is 12.2 Å². The molecule has 0 bridgehead atoms. The summed E-state index contributed by atoms with van der Waals surface area (Å²) in [5.41, 5.74) is 0. The van der Waals surface area contributed by atoms with E-state index in [2.05, 4.69) is 75.5 Å². The Morgan fingerprint density at radius 3 is 1.39 bits per heavy atom. The summed E-state index contributed by atoms with van der Waals surface area (Å²) in [7, 11) is -2.98. The molecule has 0 aliphatic rings. The number of unbranched alkanes of at least 4 members (excludes halogenated alkanes) is 4. The first-order valence-corrected chi connectivity index (χ1v) is 13.7. The van der Waals surface area contributed by atoms with Crippen LogP contribution in [0.3, 0.4) is 0 Å². The molecule has 2 rings (SSSR count). The minimum Gasteiger partial charge on any atom is -0.381 e. The molecular formula is C28H40O2Si. The Balaban J connectivity index is 2.47. The van der Waals surface area contributed by atoms with Crippen LogP contribution in [0.2, 0.25) is 0 Å². The van der Waals surface area contributed by atoms with E-state index in [1.54, 1.807) is 0 Å². The molecule has 31 heavy (non-hydrogen) atoms. The second kappa shape index (κ2) is 14.2. The number of benzene rings is 2. The van der Waals surface area contributed by atoms with Crippen molar-refractivity contribution in [3.8, 4) is 0 Å². The van der Waals surface area contributed by atoms with E-state index in [0.717, 1.165) is 36.1 Å². The Bertz CT molecular complexity index is 679. The van der Waals surface area contributed by atoms with Crippen LogP contribution < -0.4 is 10.4 Å². The lowest BCUT2D eigenvalue weighted by Gasteiger charge is -2.37. The van der Waals surface area contributed by atoms with Crippen molar-refractivity contribution in [2.75, 3.05) is 0 Å². The lowest BCUT2D eigenvalue weighted by atomic mass is 10.1. The highest BCUT2D eigenvalue weighted by molar-refractivity contribution is 6.92. The first-order valence-electron chi connectivity index (χ1n) is 11.9. The van der Waals surface area contributed by atoms with Gasteiger partial charge in [-0.1, -0.05) is 125 Å². The van der Waals surface area contributed by atoms with Gasteiger partial charge in [0, 0.05) is 0 Å². The van der Waals surface area contributed by atoms with Gasteiger partial charge in [-0.25, -0.2) is 0 Å². The highest BCUT2D eigenvalue weighted by Crippen LogP contribution is 2.21. The molecule has 0 fully saturated rings. The molecule has 0 heterocycles. The van der Waals surface area contributed by atoms with E-state index in [9.17, 15) is 0 Å². The minimum atomic E-state index is -2.98. The summed E-state index contributed by atoms with van der Waals surface area (Å²) in [4.78, 5) is 0. The fourth-order valence-electron chi connectivity index (χ4n) is 3.85. The summed E-state index contributed by atoms with van der Waals surface area (Å²) in [6.07, 6.45) is 12.8. The van der Waals surface area contributed by atoms with E-state index < -0.39 is 8.56 Å². The fourth-order valence-corrected chi connectivity index (χ4v) is 7.33. The molecule has 0 aliphatic heterocycles. The zero-order valence-corrected chi connectivity index (χ0v) is 20.5. The van der Waals surface area contributed by atoms with Gasteiger partial charge < -0.3 is 8.85 Å². The van der Waals surface area contributed by atoms with Gasteiger partial charge in [0.1, 0.15) is 0 Å². The van der Waals surface area contributed by atoms with Gasteiger partial charge in [0.15, 0.2) is 0 Å². The number of rotatable bonds is 16. The third-order valence-corrected chi connectivity index (χ3v) is 9.11. The molecule has 0 unspecified atom stereocenters. The van der Waals surface area contributed by atoms with Gasteiger partial charge in [0.2, 0.25) is 0 Å². The molecule has 0 spiro atoms. The Morgan fingerprint density at radius 2 is 1.06 bits per heavy atom. The van der Waals surface area contributed by atoms with Crippen LogP contribution in [0.4, 0.5) is 0 Å². The van der Waals surface area contributed by atoms with Gasteiger partial charge in [0.05, 0.1) is 12.2 Å². The second-order valence-electron chi connectivity index (χ2n) is 8.12. The van der Waals surface area contributed by atoms with Gasteiger partial charge in [-0.3, -0.25) is 0 Å². The normalized spacial score (nSPS) is 13.5. The standard InChI is InChI=1S/C28H40O2Si/c1-5-9-13-19-25(7-3)29-31(27-21-15-11-16-22-27,28-23-17-12-18-24-28)30-26(8-4)20-14-10-6-2/h7-8,11-12,15-18,21-26H,3-6,9-10,13-14,19-20H2,1-2H3/t25-,26-/m1/s1. The molecule has 2 atom stereocenters. The van der Waals surface area contributed by atoms with Crippen molar-refractivity contribution < 1.29 is 8.85 Å². The molecular weight excluding hydrogens is 396 g/mol. The first-order chi connectivity index (χ1) is 15.2. The van der Waals surface area contributed by atoms with Gasteiger partial charge in [-0.05, 0) is 23.2 Å². The van der Waals surface area contributed by atoms with Crippen molar-refractivity contribution >= 4 is 18.9 Å². The topological polar surface area (TPSA) is 18.5 Å². The van der Waals surface area contributed by atoms with Crippen molar-refractivity contribution in [2.24, 2.45) is 0 Å². The van der Waals surface area contributed by atoms with Crippen LogP contribution in [0.15, 0.2) is 86.0 Å². The molecule has 0 amide bonds. The molecule has 2 aromatic rings.